The first-order chi connectivity index (χ1) is 8.20. The second-order valence-corrected chi connectivity index (χ2v) is 3.44. The fraction of sp³-hybridized carbons (Fsp3) is 0. The first kappa shape index (κ1) is 10.9. The van der Waals surface area contributed by atoms with Crippen LogP contribution in [-0.2, 0) is 0 Å². The standard InChI is InChI=1S/C12H8N2O3/c15-13-11-5-1-9(2-6-11)10-3-7-12(8-4-10)14(16)17/h1-8H. The highest BCUT2D eigenvalue weighted by molar-refractivity contribution is 5.66. The molecule has 0 atom stereocenters. The van der Waals surface area contributed by atoms with Gasteiger partial charge in [0.05, 0.1) is 4.92 Å². The number of benzene rings is 2. The summed E-state index contributed by atoms with van der Waals surface area (Å²) in [5.41, 5.74) is 2.15. The van der Waals surface area contributed by atoms with Gasteiger partial charge in [-0.1, -0.05) is 12.1 Å². The van der Waals surface area contributed by atoms with Gasteiger partial charge in [0.1, 0.15) is 5.69 Å². The van der Waals surface area contributed by atoms with Crippen LogP contribution >= 0.6 is 0 Å². The van der Waals surface area contributed by atoms with Gasteiger partial charge in [0.15, 0.2) is 0 Å². The van der Waals surface area contributed by atoms with Crippen LogP contribution in [0.15, 0.2) is 53.7 Å². The van der Waals surface area contributed by atoms with Crippen LogP contribution in [0.2, 0.25) is 0 Å². The Hall–Kier alpha value is -2.56. The number of rotatable bonds is 3. The number of nitro groups is 1. The third-order valence-corrected chi connectivity index (χ3v) is 2.38. The van der Waals surface area contributed by atoms with E-state index in [0.29, 0.717) is 5.69 Å². The number of nitrogens with zero attached hydrogens (tertiary/aromatic N) is 2. The van der Waals surface area contributed by atoms with Crippen LogP contribution in [0.1, 0.15) is 0 Å². The number of non-ortho nitro benzene ring substituents is 1. The molecule has 0 aromatic heterocycles. The highest BCUT2D eigenvalue weighted by Crippen LogP contribution is 2.24. The third kappa shape index (κ3) is 2.34. The van der Waals surface area contributed by atoms with Crippen LogP contribution in [0.4, 0.5) is 11.4 Å². The monoisotopic (exact) mass is 228 g/mol. The fourth-order valence-electron chi connectivity index (χ4n) is 1.49. The number of hydrogen-bond acceptors (Lipinski definition) is 4. The molecule has 0 N–H and O–H groups in total. The Kier molecular flexibility index (Phi) is 2.91. The van der Waals surface area contributed by atoms with Crippen LogP contribution in [0.5, 0.6) is 0 Å². The van der Waals surface area contributed by atoms with Crippen molar-refractivity contribution in [2.75, 3.05) is 0 Å². The summed E-state index contributed by atoms with van der Waals surface area (Å²) in [4.78, 5) is 20.3. The Morgan fingerprint density at radius 2 is 1.35 bits per heavy atom. The summed E-state index contributed by atoms with van der Waals surface area (Å²) in [6, 6.07) is 12.9. The molecule has 84 valence electrons. The van der Waals surface area contributed by atoms with Crippen LogP contribution in [0.3, 0.4) is 0 Å². The molecule has 0 aliphatic rings. The molecular weight excluding hydrogens is 220 g/mol. The highest BCUT2D eigenvalue weighted by Gasteiger charge is 2.05. The van der Waals surface area contributed by atoms with Gasteiger partial charge in [-0.2, -0.15) is 0 Å². The maximum absolute atomic E-state index is 10.5. The Labute approximate surface area is 96.8 Å². The maximum Gasteiger partial charge on any atom is 0.269 e. The van der Waals surface area contributed by atoms with Gasteiger partial charge in [0.25, 0.3) is 5.69 Å². The largest absolute Gasteiger partial charge is 0.269 e. The molecule has 2 rings (SSSR count). The van der Waals surface area contributed by atoms with Crippen molar-refractivity contribution >= 4 is 11.4 Å². The Morgan fingerprint density at radius 3 is 1.76 bits per heavy atom. The second kappa shape index (κ2) is 4.52. The lowest BCUT2D eigenvalue weighted by molar-refractivity contribution is -0.384. The number of nitro benzene ring substituents is 1. The number of nitroso groups, excluding NO2 is 1. The van der Waals surface area contributed by atoms with Gasteiger partial charge < -0.3 is 0 Å². The fourth-order valence-corrected chi connectivity index (χ4v) is 1.49. The molecule has 0 saturated heterocycles. The molecule has 0 aliphatic heterocycles. The molecule has 0 spiro atoms. The Morgan fingerprint density at radius 1 is 0.882 bits per heavy atom. The van der Waals surface area contributed by atoms with E-state index < -0.39 is 4.92 Å². The van der Waals surface area contributed by atoms with E-state index in [9.17, 15) is 15.0 Å². The van der Waals surface area contributed by atoms with E-state index >= 15 is 0 Å². The summed E-state index contributed by atoms with van der Waals surface area (Å²) in [6.07, 6.45) is 0. The van der Waals surface area contributed by atoms with E-state index in [4.69, 9.17) is 0 Å². The van der Waals surface area contributed by atoms with E-state index in [1.54, 1.807) is 36.4 Å². The average Bonchev–Trinajstić information content (AvgIpc) is 2.39. The molecule has 0 bridgehead atoms. The van der Waals surface area contributed by atoms with Crippen molar-refractivity contribution in [1.82, 2.24) is 0 Å². The minimum absolute atomic E-state index is 0.0555. The summed E-state index contributed by atoms with van der Waals surface area (Å²) in [7, 11) is 0. The topological polar surface area (TPSA) is 72.6 Å². The van der Waals surface area contributed by atoms with Crippen LogP contribution in [-0.4, -0.2) is 4.92 Å². The second-order valence-electron chi connectivity index (χ2n) is 3.44. The Balaban J connectivity index is 2.32. The van der Waals surface area contributed by atoms with Crippen molar-refractivity contribution in [2.24, 2.45) is 5.18 Å². The van der Waals surface area contributed by atoms with Crippen LogP contribution < -0.4 is 0 Å². The van der Waals surface area contributed by atoms with Crippen molar-refractivity contribution in [3.63, 3.8) is 0 Å². The molecule has 0 fully saturated rings. The predicted octanol–water partition coefficient (Wildman–Crippen LogP) is 3.66. The molecule has 2 aromatic rings. The minimum atomic E-state index is -0.441. The van der Waals surface area contributed by atoms with Gasteiger partial charge in [0.2, 0.25) is 0 Å². The van der Waals surface area contributed by atoms with E-state index in [-0.39, 0.29) is 5.69 Å². The van der Waals surface area contributed by atoms with Gasteiger partial charge in [0, 0.05) is 12.1 Å². The van der Waals surface area contributed by atoms with Gasteiger partial charge in [-0.3, -0.25) is 10.1 Å². The normalized spacial score (nSPS) is 9.88. The van der Waals surface area contributed by atoms with Crippen LogP contribution in [0.25, 0.3) is 11.1 Å². The Bertz CT molecular complexity index is 547. The molecule has 0 aliphatic carbocycles. The molecular formula is C12H8N2O3. The molecule has 0 heterocycles. The van der Waals surface area contributed by atoms with Gasteiger partial charge >= 0.3 is 0 Å². The predicted molar refractivity (Wildman–Crippen MR) is 64.0 cm³/mol. The lowest BCUT2D eigenvalue weighted by atomic mass is 10.1. The molecule has 0 radical (unpaired) electrons. The van der Waals surface area contributed by atoms with E-state index in [2.05, 4.69) is 5.18 Å². The molecule has 5 heteroatoms. The molecule has 17 heavy (non-hydrogen) atoms. The van der Waals surface area contributed by atoms with Gasteiger partial charge in [-0.25, -0.2) is 0 Å². The lowest BCUT2D eigenvalue weighted by Crippen LogP contribution is -1.86. The minimum Gasteiger partial charge on any atom is -0.258 e. The lowest BCUT2D eigenvalue weighted by Gasteiger charge is -2.00. The molecule has 0 unspecified atom stereocenters. The smallest absolute Gasteiger partial charge is 0.258 e. The summed E-state index contributed by atoms with van der Waals surface area (Å²) in [5.74, 6) is 0. The van der Waals surface area contributed by atoms with Gasteiger partial charge in [-0.15, -0.1) is 4.91 Å². The van der Waals surface area contributed by atoms with Crippen molar-refractivity contribution in [3.05, 3.63) is 63.6 Å². The molecule has 2 aromatic carbocycles. The molecule has 0 amide bonds. The first-order valence-corrected chi connectivity index (χ1v) is 4.89. The quantitative estimate of drug-likeness (QED) is 0.457. The van der Waals surface area contributed by atoms with Gasteiger partial charge in [-0.05, 0) is 40.6 Å². The zero-order valence-electron chi connectivity index (χ0n) is 8.74. The zero-order chi connectivity index (χ0) is 12.3. The maximum atomic E-state index is 10.5. The SMILES string of the molecule is O=Nc1ccc(-c2ccc([N+](=O)[O-])cc2)cc1. The highest BCUT2D eigenvalue weighted by atomic mass is 16.6. The van der Waals surface area contributed by atoms with E-state index in [1.807, 2.05) is 0 Å². The first-order valence-electron chi connectivity index (χ1n) is 4.89. The van der Waals surface area contributed by atoms with Crippen molar-refractivity contribution in [1.29, 1.82) is 0 Å². The van der Waals surface area contributed by atoms with Crippen molar-refractivity contribution < 1.29 is 4.92 Å². The summed E-state index contributed by atoms with van der Waals surface area (Å²) >= 11 is 0. The molecule has 5 nitrogen and oxygen atoms in total. The summed E-state index contributed by atoms with van der Waals surface area (Å²) < 4.78 is 0. The van der Waals surface area contributed by atoms with Crippen LogP contribution in [0, 0.1) is 15.0 Å². The third-order valence-electron chi connectivity index (χ3n) is 2.38. The van der Waals surface area contributed by atoms with Crippen molar-refractivity contribution in [2.45, 2.75) is 0 Å². The average molecular weight is 228 g/mol. The summed E-state index contributed by atoms with van der Waals surface area (Å²) in [6.45, 7) is 0. The van der Waals surface area contributed by atoms with E-state index in [1.165, 1.54) is 12.1 Å². The van der Waals surface area contributed by atoms with Crippen molar-refractivity contribution in [3.8, 4) is 11.1 Å². The molecule has 0 saturated carbocycles. The summed E-state index contributed by atoms with van der Waals surface area (Å²) in [5, 5.41) is 13.3. The number of hydrogen-bond donors (Lipinski definition) is 0. The zero-order valence-corrected chi connectivity index (χ0v) is 8.74. The van der Waals surface area contributed by atoms with E-state index in [0.717, 1.165) is 11.1 Å².